The smallest absolute Gasteiger partial charge is 0.143 e. The lowest BCUT2D eigenvalue weighted by atomic mass is 9.92. The number of rotatable bonds is 9. The fourth-order valence-electron chi connectivity index (χ4n) is 5.02. The predicted molar refractivity (Wildman–Crippen MR) is 156 cm³/mol. The quantitative estimate of drug-likeness (QED) is 0.281. The van der Waals surface area contributed by atoms with Gasteiger partial charge in [-0.05, 0) is 42.1 Å². The molecule has 1 saturated heterocycles. The zero-order valence-corrected chi connectivity index (χ0v) is 23.6. The molecule has 1 fully saturated rings. The number of aryl methyl sites for hydroxylation is 1. The minimum atomic E-state index is -0.110. The Labute approximate surface area is 231 Å². The van der Waals surface area contributed by atoms with Gasteiger partial charge >= 0.3 is 0 Å². The summed E-state index contributed by atoms with van der Waals surface area (Å²) < 4.78 is 13.6. The number of morpholine rings is 1. The van der Waals surface area contributed by atoms with Crippen LogP contribution in [0.1, 0.15) is 43.3 Å². The van der Waals surface area contributed by atoms with Crippen LogP contribution in [0.25, 0.3) is 16.5 Å². The second-order valence-corrected chi connectivity index (χ2v) is 11.5. The molecular weight excluding hydrogens is 486 g/mol. The van der Waals surface area contributed by atoms with E-state index in [9.17, 15) is 4.79 Å². The van der Waals surface area contributed by atoms with E-state index >= 15 is 0 Å². The van der Waals surface area contributed by atoms with Gasteiger partial charge in [0.15, 0.2) is 0 Å². The number of carbonyl (C=O) groups excluding carboxylic acids is 1. The largest absolute Gasteiger partial charge is 0.492 e. The molecule has 5 rings (SSSR count). The number of fused-ring (bicyclic) bond motifs is 1. The van der Waals surface area contributed by atoms with Crippen molar-refractivity contribution in [2.75, 3.05) is 39.5 Å². The van der Waals surface area contributed by atoms with Gasteiger partial charge in [0.2, 0.25) is 0 Å². The van der Waals surface area contributed by atoms with Crippen LogP contribution in [0, 0.1) is 6.92 Å². The van der Waals surface area contributed by atoms with Gasteiger partial charge in [-0.2, -0.15) is 5.10 Å². The van der Waals surface area contributed by atoms with Gasteiger partial charge in [-0.25, -0.2) is 4.68 Å². The number of hydrogen-bond acceptors (Lipinski definition) is 5. The van der Waals surface area contributed by atoms with Gasteiger partial charge in [-0.15, -0.1) is 0 Å². The van der Waals surface area contributed by atoms with Crippen molar-refractivity contribution >= 4 is 16.6 Å². The molecule has 39 heavy (non-hydrogen) atoms. The first-order chi connectivity index (χ1) is 18.8. The second kappa shape index (κ2) is 11.7. The van der Waals surface area contributed by atoms with Gasteiger partial charge in [0.25, 0.3) is 0 Å². The Hall–Kier alpha value is -3.48. The number of carbonyl (C=O) groups is 1. The van der Waals surface area contributed by atoms with Gasteiger partial charge in [0.1, 0.15) is 18.1 Å². The monoisotopic (exact) mass is 525 g/mol. The summed E-state index contributed by atoms with van der Waals surface area (Å²) in [5.41, 5.74) is 4.98. The Balaban J connectivity index is 1.33. The molecule has 204 valence electrons. The molecule has 0 saturated carbocycles. The summed E-state index contributed by atoms with van der Waals surface area (Å²) in [6.07, 6.45) is 0.682. The van der Waals surface area contributed by atoms with Gasteiger partial charge in [0, 0.05) is 43.3 Å². The Morgan fingerprint density at radius 2 is 1.67 bits per heavy atom. The van der Waals surface area contributed by atoms with Crippen LogP contribution in [0.15, 0.2) is 66.7 Å². The Morgan fingerprint density at radius 1 is 0.949 bits per heavy atom. The standard InChI is InChI=1S/C33H39N3O3/c1-24-9-12-26(13-10-24)36-27(23-32(34-36)33(2,3)4)22-28(37)21-25-11-14-31(30-8-6-5-7-29(25)30)39-20-17-35-15-18-38-19-16-35/h5-14,23H,15-22H2,1-4H3. The molecule has 0 unspecified atom stereocenters. The maximum atomic E-state index is 13.5. The number of ether oxygens (including phenoxy) is 2. The second-order valence-electron chi connectivity index (χ2n) is 11.5. The van der Waals surface area contributed by atoms with Crippen LogP contribution in [0.3, 0.4) is 0 Å². The molecule has 0 spiro atoms. The molecule has 6 nitrogen and oxygen atoms in total. The first-order valence-corrected chi connectivity index (χ1v) is 13.9. The molecule has 0 radical (unpaired) electrons. The summed E-state index contributed by atoms with van der Waals surface area (Å²) in [5, 5.41) is 7.02. The number of aromatic nitrogens is 2. The zero-order chi connectivity index (χ0) is 27.4. The van der Waals surface area contributed by atoms with Crippen LogP contribution in [0.4, 0.5) is 0 Å². The van der Waals surface area contributed by atoms with Crippen molar-refractivity contribution in [1.82, 2.24) is 14.7 Å². The summed E-state index contributed by atoms with van der Waals surface area (Å²) in [7, 11) is 0. The topological polar surface area (TPSA) is 56.6 Å². The number of ketones is 1. The molecule has 3 aromatic carbocycles. The van der Waals surface area contributed by atoms with Crippen molar-refractivity contribution in [3.05, 3.63) is 89.2 Å². The first-order valence-electron chi connectivity index (χ1n) is 13.9. The highest BCUT2D eigenvalue weighted by molar-refractivity contribution is 5.94. The average Bonchev–Trinajstić information content (AvgIpc) is 3.35. The normalized spacial score (nSPS) is 14.6. The van der Waals surface area contributed by atoms with E-state index in [1.165, 1.54) is 5.56 Å². The van der Waals surface area contributed by atoms with Crippen LogP contribution in [0.5, 0.6) is 5.75 Å². The molecule has 0 atom stereocenters. The van der Waals surface area contributed by atoms with Crippen LogP contribution in [-0.4, -0.2) is 59.9 Å². The number of hydrogen-bond donors (Lipinski definition) is 0. The maximum Gasteiger partial charge on any atom is 0.143 e. The molecule has 0 N–H and O–H groups in total. The lowest BCUT2D eigenvalue weighted by Crippen LogP contribution is -2.38. The molecule has 1 aromatic heterocycles. The van der Waals surface area contributed by atoms with Crippen molar-refractivity contribution in [3.8, 4) is 11.4 Å². The zero-order valence-electron chi connectivity index (χ0n) is 23.6. The lowest BCUT2D eigenvalue weighted by molar-refractivity contribution is -0.117. The van der Waals surface area contributed by atoms with Crippen molar-refractivity contribution < 1.29 is 14.3 Å². The van der Waals surface area contributed by atoms with Gasteiger partial charge in [0.05, 0.1) is 30.3 Å². The van der Waals surface area contributed by atoms with Crippen molar-refractivity contribution in [1.29, 1.82) is 0 Å². The Kier molecular flexibility index (Phi) is 8.15. The molecule has 4 aromatic rings. The molecular formula is C33H39N3O3. The fourth-order valence-corrected chi connectivity index (χ4v) is 5.02. The molecule has 0 bridgehead atoms. The van der Waals surface area contributed by atoms with Crippen molar-refractivity contribution in [2.45, 2.75) is 46.0 Å². The SMILES string of the molecule is Cc1ccc(-n2nc(C(C)(C)C)cc2CC(=O)Cc2ccc(OCCN3CCOCC3)c3ccccc23)cc1. The van der Waals surface area contributed by atoms with Crippen LogP contribution < -0.4 is 4.74 Å². The summed E-state index contributed by atoms with van der Waals surface area (Å²) >= 11 is 0. The average molecular weight is 526 g/mol. The number of nitrogens with zero attached hydrogens (tertiary/aromatic N) is 3. The van der Waals surface area contributed by atoms with Crippen molar-refractivity contribution in [2.24, 2.45) is 0 Å². The summed E-state index contributed by atoms with van der Waals surface area (Å²) in [4.78, 5) is 15.8. The van der Waals surface area contributed by atoms with E-state index in [0.717, 1.165) is 72.0 Å². The highest BCUT2D eigenvalue weighted by Gasteiger charge is 2.22. The van der Waals surface area contributed by atoms with Crippen LogP contribution in [-0.2, 0) is 27.8 Å². The van der Waals surface area contributed by atoms with E-state index < -0.39 is 0 Å². The van der Waals surface area contributed by atoms with E-state index in [1.54, 1.807) is 0 Å². The van der Waals surface area contributed by atoms with E-state index in [1.807, 2.05) is 28.9 Å². The van der Waals surface area contributed by atoms with E-state index in [2.05, 4.69) is 75.1 Å². The summed E-state index contributed by atoms with van der Waals surface area (Å²) in [5.74, 6) is 1.03. The van der Waals surface area contributed by atoms with E-state index in [-0.39, 0.29) is 11.2 Å². The van der Waals surface area contributed by atoms with Crippen LogP contribution in [0.2, 0.25) is 0 Å². The Bertz CT molecular complexity index is 1430. The van der Waals surface area contributed by atoms with Gasteiger partial charge in [-0.1, -0.05) is 68.8 Å². The first kappa shape index (κ1) is 27.1. The van der Waals surface area contributed by atoms with E-state index in [4.69, 9.17) is 14.6 Å². The Morgan fingerprint density at radius 3 is 2.38 bits per heavy atom. The van der Waals surface area contributed by atoms with Gasteiger partial charge < -0.3 is 9.47 Å². The third kappa shape index (κ3) is 6.57. The molecule has 6 heteroatoms. The molecule has 1 aliphatic heterocycles. The highest BCUT2D eigenvalue weighted by Crippen LogP contribution is 2.30. The predicted octanol–water partition coefficient (Wildman–Crippen LogP) is 5.70. The lowest BCUT2D eigenvalue weighted by Gasteiger charge is -2.26. The minimum absolute atomic E-state index is 0.110. The number of benzene rings is 3. The molecule has 2 heterocycles. The molecule has 0 amide bonds. The fraction of sp³-hybridized carbons (Fsp3) is 0.394. The van der Waals surface area contributed by atoms with E-state index in [0.29, 0.717) is 19.4 Å². The third-order valence-corrected chi connectivity index (χ3v) is 7.34. The van der Waals surface area contributed by atoms with Crippen molar-refractivity contribution in [3.63, 3.8) is 0 Å². The minimum Gasteiger partial charge on any atom is -0.492 e. The molecule has 1 aliphatic rings. The number of Topliss-reactive ketones (excluding diaryl/α,β-unsaturated/α-hetero) is 1. The highest BCUT2D eigenvalue weighted by atomic mass is 16.5. The van der Waals surface area contributed by atoms with Crippen LogP contribution >= 0.6 is 0 Å². The summed E-state index contributed by atoms with van der Waals surface area (Å²) in [6, 6.07) is 22.6. The maximum absolute atomic E-state index is 13.5. The molecule has 0 aliphatic carbocycles. The summed E-state index contributed by atoms with van der Waals surface area (Å²) in [6.45, 7) is 13.5. The third-order valence-electron chi connectivity index (χ3n) is 7.34. The van der Waals surface area contributed by atoms with Gasteiger partial charge in [-0.3, -0.25) is 9.69 Å².